The van der Waals surface area contributed by atoms with E-state index in [1.807, 2.05) is 59.4 Å². The summed E-state index contributed by atoms with van der Waals surface area (Å²) in [6.07, 6.45) is 3.81. The van der Waals surface area contributed by atoms with E-state index in [0.717, 1.165) is 11.4 Å². The zero-order valence-corrected chi connectivity index (χ0v) is 18.6. The fourth-order valence-electron chi connectivity index (χ4n) is 3.33. The summed E-state index contributed by atoms with van der Waals surface area (Å²) in [5.74, 6) is 2.47. The number of benzene rings is 1. The van der Waals surface area contributed by atoms with Gasteiger partial charge in [0.2, 0.25) is 0 Å². The Labute approximate surface area is 191 Å². The molecule has 2 N–H and O–H groups in total. The van der Waals surface area contributed by atoms with Gasteiger partial charge >= 0.3 is 0 Å². The molecule has 0 unspecified atom stereocenters. The van der Waals surface area contributed by atoms with Gasteiger partial charge in [0.1, 0.15) is 23.0 Å². The third-order valence-corrected chi connectivity index (χ3v) is 5.03. The van der Waals surface area contributed by atoms with Gasteiger partial charge in [0, 0.05) is 38.1 Å². The first-order chi connectivity index (χ1) is 16.1. The summed E-state index contributed by atoms with van der Waals surface area (Å²) < 4.78 is 14.2. The topological polar surface area (TPSA) is 108 Å². The van der Waals surface area contributed by atoms with Crippen molar-refractivity contribution >= 4 is 11.7 Å². The van der Waals surface area contributed by atoms with Gasteiger partial charge in [-0.3, -0.25) is 9.48 Å². The lowest BCUT2D eigenvalue weighted by atomic mass is 10.1. The molecular formula is C23H25N7O3. The van der Waals surface area contributed by atoms with E-state index in [2.05, 4.69) is 25.9 Å². The van der Waals surface area contributed by atoms with E-state index in [9.17, 15) is 4.79 Å². The summed E-state index contributed by atoms with van der Waals surface area (Å²) >= 11 is 0. The fourth-order valence-corrected chi connectivity index (χ4v) is 3.33. The van der Waals surface area contributed by atoms with E-state index in [4.69, 9.17) is 9.47 Å². The molecule has 0 aliphatic rings. The molecule has 3 heterocycles. The number of ether oxygens (including phenoxy) is 2. The van der Waals surface area contributed by atoms with E-state index < -0.39 is 0 Å². The third-order valence-electron chi connectivity index (χ3n) is 5.03. The van der Waals surface area contributed by atoms with E-state index >= 15 is 0 Å². The first-order valence-corrected chi connectivity index (χ1v) is 10.3. The largest absolute Gasteiger partial charge is 0.497 e. The van der Waals surface area contributed by atoms with Gasteiger partial charge in [-0.1, -0.05) is 0 Å². The number of hydrogen-bond donors (Lipinski definition) is 2. The minimum atomic E-state index is -0.228. The van der Waals surface area contributed by atoms with Crippen LogP contribution in [-0.2, 0) is 7.05 Å². The molecule has 0 aliphatic heterocycles. The van der Waals surface area contributed by atoms with Gasteiger partial charge in [-0.05, 0) is 48.5 Å². The van der Waals surface area contributed by atoms with Crippen LogP contribution in [0.3, 0.4) is 0 Å². The molecule has 4 aromatic rings. The average molecular weight is 447 g/mol. The molecule has 1 aromatic carbocycles. The van der Waals surface area contributed by atoms with Crippen LogP contribution in [0.1, 0.15) is 10.5 Å². The van der Waals surface area contributed by atoms with Crippen LogP contribution >= 0.6 is 0 Å². The molecule has 10 heteroatoms. The third kappa shape index (κ3) is 4.95. The molecular weight excluding hydrogens is 422 g/mol. The summed E-state index contributed by atoms with van der Waals surface area (Å²) in [6.45, 7) is 0.903. The van der Waals surface area contributed by atoms with E-state index in [0.29, 0.717) is 41.8 Å². The maximum atomic E-state index is 12.7. The number of nitrogens with one attached hydrogen (secondary N) is 2. The SMILES string of the molecule is COc1ccc(OC)c(-c2cc(C(=O)NCCNc3ccc(-n4cccc4)nn3)n(C)n2)c1. The van der Waals surface area contributed by atoms with Gasteiger partial charge < -0.3 is 24.7 Å². The van der Waals surface area contributed by atoms with Gasteiger partial charge in [-0.25, -0.2) is 0 Å². The smallest absolute Gasteiger partial charge is 0.269 e. The Kier molecular flexibility index (Phi) is 6.53. The van der Waals surface area contributed by atoms with Crippen LogP contribution in [0.4, 0.5) is 5.82 Å². The normalized spacial score (nSPS) is 10.6. The number of carbonyl (C=O) groups excluding carboxylic acids is 1. The Morgan fingerprint density at radius 3 is 2.52 bits per heavy atom. The van der Waals surface area contributed by atoms with Crippen molar-refractivity contribution in [2.45, 2.75) is 0 Å². The number of rotatable bonds is 9. The number of amides is 1. The first-order valence-electron chi connectivity index (χ1n) is 10.3. The Balaban J connectivity index is 1.34. The quantitative estimate of drug-likeness (QED) is 0.380. The van der Waals surface area contributed by atoms with Crippen LogP contribution < -0.4 is 20.1 Å². The van der Waals surface area contributed by atoms with Crippen molar-refractivity contribution in [3.05, 3.63) is 66.6 Å². The number of aryl methyl sites for hydroxylation is 1. The predicted octanol–water partition coefficient (Wildman–Crippen LogP) is 2.53. The Morgan fingerprint density at radius 2 is 1.82 bits per heavy atom. The zero-order chi connectivity index (χ0) is 23.2. The molecule has 0 saturated carbocycles. The minimum absolute atomic E-state index is 0.228. The summed E-state index contributed by atoms with van der Waals surface area (Å²) in [7, 11) is 4.91. The molecule has 3 aromatic heterocycles. The van der Waals surface area contributed by atoms with Crippen LogP contribution in [0, 0.1) is 0 Å². The fraction of sp³-hybridized carbons (Fsp3) is 0.217. The lowest BCUT2D eigenvalue weighted by Crippen LogP contribution is -2.30. The van der Waals surface area contributed by atoms with Crippen molar-refractivity contribution in [1.29, 1.82) is 0 Å². The van der Waals surface area contributed by atoms with Crippen LogP contribution in [0.25, 0.3) is 17.1 Å². The highest BCUT2D eigenvalue weighted by Crippen LogP contribution is 2.32. The number of carbonyl (C=O) groups is 1. The Bertz CT molecular complexity index is 1220. The van der Waals surface area contributed by atoms with Crippen LogP contribution in [-0.4, -0.2) is 57.8 Å². The predicted molar refractivity (Wildman–Crippen MR) is 124 cm³/mol. The molecule has 0 fully saturated rings. The number of hydrogen-bond acceptors (Lipinski definition) is 7. The second-order valence-electron chi connectivity index (χ2n) is 7.15. The van der Waals surface area contributed by atoms with Crippen molar-refractivity contribution in [2.75, 3.05) is 32.6 Å². The maximum absolute atomic E-state index is 12.7. The molecule has 0 bridgehead atoms. The standard InChI is InChI=1S/C23H25N7O3/c1-29-19(15-18(28-29)17-14-16(32-2)6-7-20(17)33-3)23(31)25-11-10-24-21-8-9-22(27-26-21)30-12-4-5-13-30/h4-9,12-15H,10-11H2,1-3H3,(H,24,26)(H,25,31). The van der Waals surface area contributed by atoms with Crippen molar-refractivity contribution < 1.29 is 14.3 Å². The maximum Gasteiger partial charge on any atom is 0.269 e. The summed E-state index contributed by atoms with van der Waals surface area (Å²) in [4.78, 5) is 12.7. The minimum Gasteiger partial charge on any atom is -0.497 e. The zero-order valence-electron chi connectivity index (χ0n) is 18.6. The number of aromatic nitrogens is 5. The van der Waals surface area contributed by atoms with Gasteiger partial charge in [-0.2, -0.15) is 5.10 Å². The molecule has 0 spiro atoms. The van der Waals surface area contributed by atoms with E-state index in [1.165, 1.54) is 0 Å². The summed E-state index contributed by atoms with van der Waals surface area (Å²) in [5, 5.41) is 18.9. The number of nitrogens with zero attached hydrogens (tertiary/aromatic N) is 5. The van der Waals surface area contributed by atoms with Crippen molar-refractivity contribution in [1.82, 2.24) is 29.9 Å². The van der Waals surface area contributed by atoms with Gasteiger partial charge in [-0.15, -0.1) is 10.2 Å². The van der Waals surface area contributed by atoms with E-state index in [-0.39, 0.29) is 5.91 Å². The van der Waals surface area contributed by atoms with Crippen LogP contribution in [0.5, 0.6) is 11.5 Å². The van der Waals surface area contributed by atoms with Crippen molar-refractivity contribution in [3.63, 3.8) is 0 Å². The Hall–Kier alpha value is -4.34. The lowest BCUT2D eigenvalue weighted by Gasteiger charge is -2.08. The molecule has 0 atom stereocenters. The van der Waals surface area contributed by atoms with Gasteiger partial charge in [0.25, 0.3) is 5.91 Å². The summed E-state index contributed by atoms with van der Waals surface area (Å²) in [5.41, 5.74) is 1.80. The second kappa shape index (κ2) is 9.86. The molecule has 0 saturated heterocycles. The van der Waals surface area contributed by atoms with Gasteiger partial charge in [0.05, 0.1) is 19.9 Å². The monoisotopic (exact) mass is 447 g/mol. The summed E-state index contributed by atoms with van der Waals surface area (Å²) in [6, 6.07) is 14.7. The Morgan fingerprint density at radius 1 is 1.00 bits per heavy atom. The highest BCUT2D eigenvalue weighted by molar-refractivity contribution is 5.94. The molecule has 10 nitrogen and oxygen atoms in total. The molecule has 4 rings (SSSR count). The number of methoxy groups -OCH3 is 2. The lowest BCUT2D eigenvalue weighted by molar-refractivity contribution is 0.0946. The number of anilines is 1. The molecule has 33 heavy (non-hydrogen) atoms. The highest BCUT2D eigenvalue weighted by atomic mass is 16.5. The second-order valence-corrected chi connectivity index (χ2v) is 7.15. The molecule has 0 aliphatic carbocycles. The molecule has 170 valence electrons. The van der Waals surface area contributed by atoms with Crippen LogP contribution in [0.15, 0.2) is 60.9 Å². The average Bonchev–Trinajstić information content (AvgIpc) is 3.52. The first kappa shape index (κ1) is 21.9. The molecule has 1 amide bonds. The van der Waals surface area contributed by atoms with Crippen LogP contribution in [0.2, 0.25) is 0 Å². The van der Waals surface area contributed by atoms with Gasteiger partial charge in [0.15, 0.2) is 5.82 Å². The van der Waals surface area contributed by atoms with Crippen molar-refractivity contribution in [2.24, 2.45) is 7.05 Å². The highest BCUT2D eigenvalue weighted by Gasteiger charge is 2.17. The van der Waals surface area contributed by atoms with Crippen molar-refractivity contribution in [3.8, 4) is 28.6 Å². The molecule has 0 radical (unpaired) electrons. The van der Waals surface area contributed by atoms with E-state index in [1.54, 1.807) is 32.0 Å².